The summed E-state index contributed by atoms with van der Waals surface area (Å²) in [6.07, 6.45) is 3.36. The normalized spacial score (nSPS) is 25.7. The van der Waals surface area contributed by atoms with Gasteiger partial charge in [0.15, 0.2) is 5.96 Å². The van der Waals surface area contributed by atoms with Crippen molar-refractivity contribution in [3.63, 3.8) is 0 Å². The maximum Gasteiger partial charge on any atom is 0.308 e. The second kappa shape index (κ2) is 5.58. The molecule has 1 aliphatic rings. The van der Waals surface area contributed by atoms with E-state index in [0.29, 0.717) is 6.61 Å². The maximum absolute atomic E-state index is 11.4. The van der Waals surface area contributed by atoms with Crippen molar-refractivity contribution in [3.05, 3.63) is 0 Å². The summed E-state index contributed by atoms with van der Waals surface area (Å²) < 4.78 is 4.97. The second-order valence-corrected chi connectivity index (χ2v) is 3.81. The SMILES string of the molecule is CCOC(=O)C1CCC(N=C(N)N)CC1. The first-order valence-corrected chi connectivity index (χ1v) is 5.38. The van der Waals surface area contributed by atoms with E-state index in [1.807, 2.05) is 6.92 Å². The summed E-state index contributed by atoms with van der Waals surface area (Å²) in [4.78, 5) is 15.5. The summed E-state index contributed by atoms with van der Waals surface area (Å²) in [7, 11) is 0. The Labute approximate surface area is 89.9 Å². The van der Waals surface area contributed by atoms with Crippen LogP contribution in [-0.4, -0.2) is 24.6 Å². The van der Waals surface area contributed by atoms with Gasteiger partial charge in [0.2, 0.25) is 0 Å². The lowest BCUT2D eigenvalue weighted by molar-refractivity contribution is -0.149. The molecule has 1 saturated carbocycles. The average molecular weight is 213 g/mol. The van der Waals surface area contributed by atoms with Gasteiger partial charge in [-0.1, -0.05) is 0 Å². The van der Waals surface area contributed by atoms with Crippen LogP contribution in [0.5, 0.6) is 0 Å². The smallest absolute Gasteiger partial charge is 0.308 e. The minimum absolute atomic E-state index is 0.0374. The Hall–Kier alpha value is -1.26. The molecule has 5 nitrogen and oxygen atoms in total. The number of nitrogens with zero attached hydrogens (tertiary/aromatic N) is 1. The summed E-state index contributed by atoms with van der Waals surface area (Å²) in [5.74, 6) is 0.0885. The van der Waals surface area contributed by atoms with Gasteiger partial charge in [-0.25, -0.2) is 0 Å². The number of hydrogen-bond acceptors (Lipinski definition) is 3. The van der Waals surface area contributed by atoms with Gasteiger partial charge in [-0.15, -0.1) is 0 Å². The Balaban J connectivity index is 2.35. The van der Waals surface area contributed by atoms with Crippen LogP contribution in [0.3, 0.4) is 0 Å². The van der Waals surface area contributed by atoms with Gasteiger partial charge >= 0.3 is 5.97 Å². The highest BCUT2D eigenvalue weighted by molar-refractivity contribution is 5.76. The lowest BCUT2D eigenvalue weighted by Crippen LogP contribution is -2.29. The van der Waals surface area contributed by atoms with Gasteiger partial charge in [-0.05, 0) is 32.6 Å². The molecule has 0 aromatic carbocycles. The average Bonchev–Trinajstić information content (AvgIpc) is 2.18. The van der Waals surface area contributed by atoms with Crippen LogP contribution < -0.4 is 11.5 Å². The second-order valence-electron chi connectivity index (χ2n) is 3.81. The van der Waals surface area contributed by atoms with Crippen molar-refractivity contribution in [1.82, 2.24) is 0 Å². The number of hydrogen-bond donors (Lipinski definition) is 2. The van der Waals surface area contributed by atoms with E-state index in [9.17, 15) is 4.79 Å². The summed E-state index contributed by atoms with van der Waals surface area (Å²) >= 11 is 0. The van der Waals surface area contributed by atoms with E-state index in [-0.39, 0.29) is 23.9 Å². The molecule has 5 heteroatoms. The first-order valence-electron chi connectivity index (χ1n) is 5.38. The van der Waals surface area contributed by atoms with E-state index in [1.165, 1.54) is 0 Å². The van der Waals surface area contributed by atoms with Crippen LogP contribution in [0.15, 0.2) is 4.99 Å². The number of ether oxygens (including phenoxy) is 1. The third kappa shape index (κ3) is 3.77. The molecule has 0 radical (unpaired) electrons. The van der Waals surface area contributed by atoms with Crippen LogP contribution >= 0.6 is 0 Å². The minimum Gasteiger partial charge on any atom is -0.466 e. The summed E-state index contributed by atoms with van der Waals surface area (Å²) in [6, 6.07) is 0.181. The lowest BCUT2D eigenvalue weighted by Gasteiger charge is -2.24. The van der Waals surface area contributed by atoms with Crippen molar-refractivity contribution in [2.24, 2.45) is 22.4 Å². The first kappa shape index (κ1) is 11.8. The molecule has 0 heterocycles. The molecular weight excluding hydrogens is 194 g/mol. The third-order valence-electron chi connectivity index (χ3n) is 2.65. The standard InChI is InChI=1S/C10H19N3O2/c1-2-15-9(14)7-3-5-8(6-4-7)13-10(11)12/h7-8H,2-6H2,1H3,(H4,11,12,13). The molecule has 4 N–H and O–H groups in total. The predicted molar refractivity (Wildman–Crippen MR) is 58.2 cm³/mol. The highest BCUT2D eigenvalue weighted by Crippen LogP contribution is 2.27. The Morgan fingerprint density at radius 1 is 1.33 bits per heavy atom. The molecule has 0 aliphatic heterocycles. The van der Waals surface area contributed by atoms with Crippen molar-refractivity contribution >= 4 is 11.9 Å². The van der Waals surface area contributed by atoms with Crippen LogP contribution in [0.2, 0.25) is 0 Å². The number of nitrogens with two attached hydrogens (primary N) is 2. The molecule has 0 amide bonds. The monoisotopic (exact) mass is 213 g/mol. The zero-order chi connectivity index (χ0) is 11.3. The topological polar surface area (TPSA) is 90.7 Å². The molecule has 15 heavy (non-hydrogen) atoms. The molecule has 0 unspecified atom stereocenters. The largest absolute Gasteiger partial charge is 0.466 e. The van der Waals surface area contributed by atoms with Gasteiger partial charge in [0.1, 0.15) is 0 Å². The van der Waals surface area contributed by atoms with E-state index < -0.39 is 0 Å². The fourth-order valence-electron chi connectivity index (χ4n) is 1.91. The Kier molecular flexibility index (Phi) is 4.39. The first-order chi connectivity index (χ1) is 7.13. The van der Waals surface area contributed by atoms with Gasteiger partial charge in [0, 0.05) is 0 Å². The van der Waals surface area contributed by atoms with Gasteiger partial charge < -0.3 is 16.2 Å². The number of carbonyl (C=O) groups is 1. The molecule has 0 bridgehead atoms. The zero-order valence-electron chi connectivity index (χ0n) is 9.11. The quantitative estimate of drug-likeness (QED) is 0.403. The minimum atomic E-state index is -0.0827. The zero-order valence-corrected chi connectivity index (χ0v) is 9.11. The van der Waals surface area contributed by atoms with E-state index in [1.54, 1.807) is 0 Å². The molecule has 0 atom stereocenters. The molecule has 86 valence electrons. The predicted octanol–water partition coefficient (Wildman–Crippen LogP) is 0.382. The Morgan fingerprint density at radius 3 is 2.40 bits per heavy atom. The Bertz CT molecular complexity index is 241. The molecular formula is C10H19N3O2. The molecule has 0 saturated heterocycles. The Morgan fingerprint density at radius 2 is 1.93 bits per heavy atom. The van der Waals surface area contributed by atoms with Crippen molar-refractivity contribution in [1.29, 1.82) is 0 Å². The summed E-state index contributed by atoms with van der Waals surface area (Å²) in [5.41, 5.74) is 10.6. The van der Waals surface area contributed by atoms with Crippen LogP contribution in [0.25, 0.3) is 0 Å². The molecule has 0 spiro atoms. The van der Waals surface area contributed by atoms with E-state index in [2.05, 4.69) is 4.99 Å². The molecule has 1 rings (SSSR count). The fraction of sp³-hybridized carbons (Fsp3) is 0.800. The van der Waals surface area contributed by atoms with Crippen LogP contribution in [-0.2, 0) is 9.53 Å². The molecule has 0 aromatic heterocycles. The van der Waals surface area contributed by atoms with Crippen molar-refractivity contribution in [3.8, 4) is 0 Å². The summed E-state index contributed by atoms with van der Waals surface area (Å²) in [6.45, 7) is 2.27. The van der Waals surface area contributed by atoms with Crippen molar-refractivity contribution in [2.75, 3.05) is 6.61 Å². The molecule has 1 aliphatic carbocycles. The number of aliphatic imine (C=N–C) groups is 1. The van der Waals surface area contributed by atoms with Gasteiger partial charge in [-0.3, -0.25) is 9.79 Å². The van der Waals surface area contributed by atoms with Gasteiger partial charge in [0.25, 0.3) is 0 Å². The van der Waals surface area contributed by atoms with Crippen LogP contribution in [0.1, 0.15) is 32.6 Å². The number of guanidine groups is 1. The highest BCUT2D eigenvalue weighted by atomic mass is 16.5. The van der Waals surface area contributed by atoms with E-state index >= 15 is 0 Å². The number of carbonyl (C=O) groups excluding carboxylic acids is 1. The van der Waals surface area contributed by atoms with Crippen LogP contribution in [0, 0.1) is 5.92 Å². The van der Waals surface area contributed by atoms with Crippen molar-refractivity contribution < 1.29 is 9.53 Å². The van der Waals surface area contributed by atoms with Gasteiger partial charge in [0.05, 0.1) is 18.6 Å². The maximum atomic E-state index is 11.4. The third-order valence-corrected chi connectivity index (χ3v) is 2.65. The number of rotatable bonds is 3. The van der Waals surface area contributed by atoms with Crippen LogP contribution in [0.4, 0.5) is 0 Å². The van der Waals surface area contributed by atoms with Crippen molar-refractivity contribution in [2.45, 2.75) is 38.6 Å². The van der Waals surface area contributed by atoms with E-state index in [4.69, 9.17) is 16.2 Å². The molecule has 1 fully saturated rings. The lowest BCUT2D eigenvalue weighted by atomic mass is 9.86. The molecule has 0 aromatic rings. The van der Waals surface area contributed by atoms with E-state index in [0.717, 1.165) is 25.7 Å². The fourth-order valence-corrected chi connectivity index (χ4v) is 1.91. The summed E-state index contributed by atoms with van der Waals surface area (Å²) in [5, 5.41) is 0. The number of esters is 1. The van der Waals surface area contributed by atoms with Gasteiger partial charge in [-0.2, -0.15) is 0 Å². The highest BCUT2D eigenvalue weighted by Gasteiger charge is 2.26.